The fraction of sp³-hybridized carbons (Fsp3) is 0.261. The zero-order valence-electron chi connectivity index (χ0n) is 32.3. The van der Waals surface area contributed by atoms with Gasteiger partial charge in [0.1, 0.15) is 29.0 Å². The maximum absolute atomic E-state index is 6.77. The van der Waals surface area contributed by atoms with Gasteiger partial charge >= 0.3 is 0 Å². The van der Waals surface area contributed by atoms with Crippen LogP contribution in [0.1, 0.15) is 26.7 Å². The summed E-state index contributed by atoms with van der Waals surface area (Å²) in [6.45, 7) is 7.15. The fourth-order valence-corrected chi connectivity index (χ4v) is 9.04. The SMILES string of the molecule is CC[N+]1(CC)c2ccc(-c3ccc(OCCC(N)C(CCN)Oc4ccc(-c5ccc6c(c5)-c5c(Cl)ccnc5[N+]6(C)C)cc4)cc3)cc2-c2c(Cl)ccnc21. The number of rotatable bonds is 13. The molecule has 286 valence electrons. The van der Waals surface area contributed by atoms with E-state index in [0.29, 0.717) is 40.0 Å². The van der Waals surface area contributed by atoms with Gasteiger partial charge in [-0.25, -0.2) is 18.9 Å². The van der Waals surface area contributed by atoms with Crippen molar-refractivity contribution in [3.05, 3.63) is 120 Å². The molecule has 4 aromatic carbocycles. The van der Waals surface area contributed by atoms with Gasteiger partial charge in [0.2, 0.25) is 11.6 Å². The number of nitrogens with two attached hydrogens (primary N) is 2. The van der Waals surface area contributed by atoms with Crippen molar-refractivity contribution in [2.75, 3.05) is 40.3 Å². The summed E-state index contributed by atoms with van der Waals surface area (Å²) >= 11 is 13.5. The lowest BCUT2D eigenvalue weighted by atomic mass is 9.99. The predicted molar refractivity (Wildman–Crippen MR) is 232 cm³/mol. The summed E-state index contributed by atoms with van der Waals surface area (Å²) in [5.41, 5.74) is 23.8. The first-order valence-electron chi connectivity index (χ1n) is 19.4. The number of benzene rings is 4. The number of quaternary nitrogens is 2. The first-order chi connectivity index (χ1) is 27.1. The van der Waals surface area contributed by atoms with E-state index in [1.165, 1.54) is 11.4 Å². The average Bonchev–Trinajstić information content (AvgIpc) is 3.63. The number of hydrogen-bond acceptors (Lipinski definition) is 6. The van der Waals surface area contributed by atoms with Crippen molar-refractivity contribution in [2.45, 2.75) is 38.8 Å². The molecule has 4 N–H and O–H groups in total. The second-order valence-corrected chi connectivity index (χ2v) is 15.9. The van der Waals surface area contributed by atoms with E-state index in [-0.39, 0.29) is 12.1 Å². The molecule has 2 aromatic heterocycles. The van der Waals surface area contributed by atoms with Crippen LogP contribution in [0.5, 0.6) is 11.5 Å². The lowest BCUT2D eigenvalue weighted by Gasteiger charge is -2.31. The molecular weight excluding hydrogens is 739 g/mol. The lowest BCUT2D eigenvalue weighted by molar-refractivity contribution is 0.147. The molecule has 8 rings (SSSR count). The molecule has 2 atom stereocenters. The molecule has 0 amide bonds. The van der Waals surface area contributed by atoms with E-state index in [9.17, 15) is 0 Å². The molecule has 0 bridgehead atoms. The molecule has 10 heteroatoms. The highest BCUT2D eigenvalue weighted by Crippen LogP contribution is 2.55. The van der Waals surface area contributed by atoms with Gasteiger partial charge in [0.05, 0.1) is 66.1 Å². The highest BCUT2D eigenvalue weighted by molar-refractivity contribution is 6.35. The summed E-state index contributed by atoms with van der Waals surface area (Å²) in [6, 6.07) is 33.0. The molecule has 0 radical (unpaired) electrons. The fourth-order valence-electron chi connectivity index (χ4n) is 8.55. The summed E-state index contributed by atoms with van der Waals surface area (Å²) in [7, 11) is 4.27. The van der Waals surface area contributed by atoms with Gasteiger partial charge in [-0.2, -0.15) is 0 Å². The van der Waals surface area contributed by atoms with E-state index >= 15 is 0 Å². The standard InChI is InChI=1S/C46H48Cl2N6O2/c1-5-54(6-2)41-18-12-32(28-36(41)44-38(48)21-25-52-46(44)54)29-7-13-33(14-8-29)55-26-22-39(50)42(19-23-49)56-34-15-9-30(10-16-34)31-11-17-40-35(27-31)43-37(47)20-24-51-45(43)53(40,3)4/h7-18,20-21,24-25,27-28,39,42H,5-6,19,22-23,26,49-50H2,1-4H3/q+2. The Morgan fingerprint density at radius 2 is 1.16 bits per heavy atom. The van der Waals surface area contributed by atoms with Crippen molar-refractivity contribution in [2.24, 2.45) is 11.5 Å². The van der Waals surface area contributed by atoms with E-state index in [4.69, 9.17) is 49.1 Å². The van der Waals surface area contributed by atoms with Crippen molar-refractivity contribution in [3.63, 3.8) is 0 Å². The second-order valence-electron chi connectivity index (χ2n) is 15.1. The van der Waals surface area contributed by atoms with Gasteiger partial charge in [-0.1, -0.05) is 47.5 Å². The quantitative estimate of drug-likeness (QED) is 0.113. The largest absolute Gasteiger partial charge is 0.494 e. The van der Waals surface area contributed by atoms with E-state index in [2.05, 4.69) is 93.6 Å². The molecule has 2 aliphatic rings. The number of ether oxygens (including phenoxy) is 2. The first kappa shape index (κ1) is 38.1. The van der Waals surface area contributed by atoms with Crippen LogP contribution in [0.2, 0.25) is 10.0 Å². The zero-order chi connectivity index (χ0) is 39.2. The second kappa shape index (κ2) is 15.3. The first-order valence-corrected chi connectivity index (χ1v) is 20.1. The van der Waals surface area contributed by atoms with Gasteiger partial charge in [-0.15, -0.1) is 0 Å². The molecule has 2 aliphatic heterocycles. The summed E-state index contributed by atoms with van der Waals surface area (Å²) < 4.78 is 13.8. The zero-order valence-corrected chi connectivity index (χ0v) is 33.8. The lowest BCUT2D eigenvalue weighted by Crippen LogP contribution is -2.42. The summed E-state index contributed by atoms with van der Waals surface area (Å²) in [5, 5.41) is 1.45. The monoisotopic (exact) mass is 786 g/mol. The number of halogens is 2. The van der Waals surface area contributed by atoms with Gasteiger partial charge in [0.15, 0.2) is 0 Å². The minimum atomic E-state index is -0.263. The van der Waals surface area contributed by atoms with Gasteiger partial charge in [0, 0.05) is 37.0 Å². The third-order valence-corrected chi connectivity index (χ3v) is 12.3. The Balaban J connectivity index is 0.900. The smallest absolute Gasteiger partial charge is 0.242 e. The maximum atomic E-state index is 6.77. The number of fused-ring (bicyclic) bond motifs is 6. The van der Waals surface area contributed by atoms with Crippen molar-refractivity contribution >= 4 is 46.2 Å². The molecule has 4 heterocycles. The van der Waals surface area contributed by atoms with Gasteiger partial charge in [-0.05, 0) is 110 Å². The number of aromatic nitrogens is 2. The maximum Gasteiger partial charge on any atom is 0.242 e. The summed E-state index contributed by atoms with van der Waals surface area (Å²) in [6.07, 6.45) is 4.58. The Morgan fingerprint density at radius 1 is 0.643 bits per heavy atom. The average molecular weight is 788 g/mol. The normalized spacial score (nSPS) is 15.4. The van der Waals surface area contributed by atoms with Crippen LogP contribution in [0, 0.1) is 0 Å². The molecule has 0 aliphatic carbocycles. The van der Waals surface area contributed by atoms with Crippen molar-refractivity contribution in [1.29, 1.82) is 0 Å². The molecule has 56 heavy (non-hydrogen) atoms. The van der Waals surface area contributed by atoms with Crippen LogP contribution in [0.15, 0.2) is 109 Å². The van der Waals surface area contributed by atoms with E-state index in [1.54, 1.807) is 6.20 Å². The van der Waals surface area contributed by atoms with Gasteiger partial charge < -0.3 is 20.9 Å². The van der Waals surface area contributed by atoms with Crippen LogP contribution in [0.3, 0.4) is 0 Å². The predicted octanol–water partition coefficient (Wildman–Crippen LogP) is 10.5. The molecule has 0 spiro atoms. The number of hydrogen-bond donors (Lipinski definition) is 2. The van der Waals surface area contributed by atoms with Gasteiger partial charge in [0.25, 0.3) is 0 Å². The highest BCUT2D eigenvalue weighted by atomic mass is 35.5. The minimum absolute atomic E-state index is 0.255. The minimum Gasteiger partial charge on any atom is -0.494 e. The Kier molecular flexibility index (Phi) is 10.4. The highest BCUT2D eigenvalue weighted by Gasteiger charge is 2.44. The van der Waals surface area contributed by atoms with Crippen molar-refractivity contribution in [3.8, 4) is 56.0 Å². The number of pyridine rings is 2. The van der Waals surface area contributed by atoms with Crippen LogP contribution >= 0.6 is 23.2 Å². The molecule has 8 nitrogen and oxygen atoms in total. The molecule has 6 aromatic rings. The Morgan fingerprint density at radius 3 is 1.75 bits per heavy atom. The Hall–Kier alpha value is -4.80. The van der Waals surface area contributed by atoms with E-state index < -0.39 is 0 Å². The molecular formula is C46H48Cl2N6O2+2. The topological polar surface area (TPSA) is 96.3 Å². The summed E-state index contributed by atoms with van der Waals surface area (Å²) in [4.78, 5) is 9.47. The van der Waals surface area contributed by atoms with E-state index in [1.807, 2.05) is 42.6 Å². The molecule has 2 unspecified atom stereocenters. The third kappa shape index (κ3) is 6.54. The van der Waals surface area contributed by atoms with Crippen LogP contribution in [-0.2, 0) is 0 Å². The Labute approximate surface area is 339 Å². The molecule has 0 saturated heterocycles. The van der Waals surface area contributed by atoms with Gasteiger partial charge in [-0.3, -0.25) is 0 Å². The number of nitrogens with zero attached hydrogens (tertiary/aromatic N) is 4. The van der Waals surface area contributed by atoms with Crippen molar-refractivity contribution < 1.29 is 9.47 Å². The van der Waals surface area contributed by atoms with Crippen LogP contribution in [-0.4, -0.2) is 62.5 Å². The van der Waals surface area contributed by atoms with Crippen LogP contribution in [0.25, 0.3) is 44.5 Å². The van der Waals surface area contributed by atoms with E-state index in [0.717, 1.165) is 85.8 Å². The van der Waals surface area contributed by atoms with Crippen LogP contribution < -0.4 is 29.9 Å². The molecule has 0 fully saturated rings. The van der Waals surface area contributed by atoms with Crippen molar-refractivity contribution in [1.82, 2.24) is 18.9 Å². The third-order valence-electron chi connectivity index (χ3n) is 11.7. The Bertz CT molecular complexity index is 2400. The molecule has 0 saturated carbocycles. The summed E-state index contributed by atoms with van der Waals surface area (Å²) in [5.74, 6) is 3.52. The van der Waals surface area contributed by atoms with Crippen LogP contribution in [0.4, 0.5) is 23.0 Å².